The normalized spacial score (nSPS) is 14.6. The highest BCUT2D eigenvalue weighted by Gasteiger charge is 2.30. The molecular formula is C21H23F2N7O2. The second-order valence-corrected chi connectivity index (χ2v) is 7.81. The predicted octanol–water partition coefficient (Wildman–Crippen LogP) is 2.49. The van der Waals surface area contributed by atoms with Crippen molar-refractivity contribution in [1.82, 2.24) is 29.8 Å². The van der Waals surface area contributed by atoms with E-state index in [9.17, 15) is 18.8 Å². The molecule has 0 bridgehead atoms. The van der Waals surface area contributed by atoms with Crippen molar-refractivity contribution in [2.75, 3.05) is 18.0 Å². The van der Waals surface area contributed by atoms with E-state index in [2.05, 4.69) is 20.1 Å². The van der Waals surface area contributed by atoms with E-state index >= 15 is 0 Å². The van der Waals surface area contributed by atoms with Crippen molar-refractivity contribution in [1.29, 1.82) is 0 Å². The highest BCUT2D eigenvalue weighted by molar-refractivity contribution is 5.78. The lowest BCUT2D eigenvalue weighted by atomic mass is 9.96. The minimum Gasteiger partial charge on any atom is -0.341 e. The Bertz CT molecular complexity index is 1110. The Morgan fingerprint density at radius 1 is 1.25 bits per heavy atom. The Morgan fingerprint density at radius 2 is 2.00 bits per heavy atom. The van der Waals surface area contributed by atoms with Crippen LogP contribution in [0.25, 0.3) is 11.4 Å². The van der Waals surface area contributed by atoms with Crippen LogP contribution in [0.1, 0.15) is 24.0 Å². The van der Waals surface area contributed by atoms with Crippen molar-refractivity contribution in [2.45, 2.75) is 26.3 Å². The number of piperidine rings is 1. The van der Waals surface area contributed by atoms with Gasteiger partial charge in [0.1, 0.15) is 5.69 Å². The highest BCUT2D eigenvalue weighted by Crippen LogP contribution is 2.27. The predicted molar refractivity (Wildman–Crippen MR) is 110 cm³/mol. The van der Waals surface area contributed by atoms with E-state index < -0.39 is 17.7 Å². The molecule has 0 aliphatic carbocycles. The van der Waals surface area contributed by atoms with Gasteiger partial charge in [0.15, 0.2) is 5.82 Å². The Morgan fingerprint density at radius 3 is 2.66 bits per heavy atom. The molecule has 1 fully saturated rings. The minimum atomic E-state index is -0.670. The van der Waals surface area contributed by atoms with Crippen LogP contribution in [0.15, 0.2) is 30.7 Å². The fraction of sp³-hybridized carbons (Fsp3) is 0.381. The number of carbonyl (C=O) groups is 1. The molecule has 1 saturated heterocycles. The summed E-state index contributed by atoms with van der Waals surface area (Å²) in [7, 11) is 1.72. The van der Waals surface area contributed by atoms with Gasteiger partial charge in [-0.05, 0) is 43.0 Å². The molecule has 4 rings (SSSR count). The number of pyridine rings is 1. The van der Waals surface area contributed by atoms with E-state index in [-0.39, 0.29) is 18.2 Å². The van der Waals surface area contributed by atoms with Crippen molar-refractivity contribution >= 4 is 11.9 Å². The monoisotopic (exact) mass is 443 g/mol. The number of nitrogens with zero attached hydrogens (tertiary/aromatic N) is 7. The number of hydrogen-bond acceptors (Lipinski definition) is 7. The first-order valence-corrected chi connectivity index (χ1v) is 10.2. The van der Waals surface area contributed by atoms with Gasteiger partial charge < -0.3 is 4.90 Å². The van der Waals surface area contributed by atoms with Crippen molar-refractivity contribution in [3.63, 3.8) is 0 Å². The second kappa shape index (κ2) is 8.95. The Balaban J connectivity index is 1.41. The molecule has 32 heavy (non-hydrogen) atoms. The number of hydrogen-bond donors (Lipinski definition) is 1. The highest BCUT2D eigenvalue weighted by atomic mass is 19.1. The molecule has 168 valence electrons. The molecule has 1 amide bonds. The lowest BCUT2D eigenvalue weighted by Crippen LogP contribution is -2.42. The molecule has 0 unspecified atom stereocenters. The summed E-state index contributed by atoms with van der Waals surface area (Å²) in [6.07, 6.45) is 5.02. The number of halogens is 2. The largest absolute Gasteiger partial charge is 0.341 e. The first kappa shape index (κ1) is 21.8. The number of aryl methyl sites for hydroxylation is 2. The maximum atomic E-state index is 14.4. The molecule has 9 nitrogen and oxygen atoms in total. The van der Waals surface area contributed by atoms with Gasteiger partial charge in [0.05, 0.1) is 24.6 Å². The van der Waals surface area contributed by atoms with Gasteiger partial charge in [-0.15, -0.1) is 0 Å². The lowest BCUT2D eigenvalue weighted by Gasteiger charge is -2.32. The summed E-state index contributed by atoms with van der Waals surface area (Å²) in [5, 5.41) is 14.9. The van der Waals surface area contributed by atoms with E-state index in [1.165, 1.54) is 18.3 Å². The summed E-state index contributed by atoms with van der Waals surface area (Å²) in [6.45, 7) is 2.67. The summed E-state index contributed by atoms with van der Waals surface area (Å²) < 4.78 is 29.2. The maximum absolute atomic E-state index is 14.4. The number of amides is 1. The molecule has 0 aromatic carbocycles. The van der Waals surface area contributed by atoms with Crippen LogP contribution >= 0.6 is 0 Å². The number of anilines is 1. The summed E-state index contributed by atoms with van der Waals surface area (Å²) in [5.74, 6) is -1.64. The Kier molecular flexibility index (Phi) is 6.08. The van der Waals surface area contributed by atoms with E-state index in [1.807, 2.05) is 11.8 Å². The van der Waals surface area contributed by atoms with Crippen molar-refractivity contribution < 1.29 is 18.8 Å². The summed E-state index contributed by atoms with van der Waals surface area (Å²) in [6, 6.07) is 2.71. The molecule has 11 heteroatoms. The molecule has 0 saturated carbocycles. The molecule has 3 aromatic heterocycles. The molecule has 1 aliphatic heterocycles. The topological polar surface area (TPSA) is 100 Å². The third-order valence-corrected chi connectivity index (χ3v) is 5.58. The standard InChI is InChI=1S/C21H23F2N7O2/c1-13-10-26-28(2)19(13)18-16(22)11-25-21(27-18)29-7-4-15(5-8-29)20(31)30(32)12-14-3-6-24-17(23)9-14/h3,6,9-11,15,32H,4-5,7-8,12H2,1-2H3. The Labute approximate surface area is 183 Å². The quantitative estimate of drug-likeness (QED) is 0.367. The molecular weight excluding hydrogens is 420 g/mol. The number of rotatable bonds is 5. The minimum absolute atomic E-state index is 0.118. The summed E-state index contributed by atoms with van der Waals surface area (Å²) >= 11 is 0. The summed E-state index contributed by atoms with van der Waals surface area (Å²) in [5.41, 5.74) is 2.01. The van der Waals surface area contributed by atoms with Gasteiger partial charge in [0, 0.05) is 32.3 Å². The van der Waals surface area contributed by atoms with Gasteiger partial charge in [-0.3, -0.25) is 14.7 Å². The van der Waals surface area contributed by atoms with Crippen molar-refractivity contribution in [3.8, 4) is 11.4 Å². The van der Waals surface area contributed by atoms with Gasteiger partial charge >= 0.3 is 0 Å². The van der Waals surface area contributed by atoms with E-state index in [0.29, 0.717) is 48.2 Å². The van der Waals surface area contributed by atoms with Crippen LogP contribution < -0.4 is 4.90 Å². The van der Waals surface area contributed by atoms with E-state index in [0.717, 1.165) is 11.8 Å². The first-order valence-electron chi connectivity index (χ1n) is 10.2. The SMILES string of the molecule is Cc1cnn(C)c1-c1nc(N2CCC(C(=O)N(O)Cc3ccnc(F)c3)CC2)ncc1F. The van der Waals surface area contributed by atoms with Crippen LogP contribution in [0.4, 0.5) is 14.7 Å². The molecule has 1 N–H and O–H groups in total. The molecule has 0 spiro atoms. The zero-order chi connectivity index (χ0) is 22.8. The smallest absolute Gasteiger partial charge is 0.249 e. The maximum Gasteiger partial charge on any atom is 0.249 e. The van der Waals surface area contributed by atoms with Crippen LogP contribution in [0.5, 0.6) is 0 Å². The number of hydroxylamine groups is 2. The van der Waals surface area contributed by atoms with Crippen molar-refractivity contribution in [3.05, 3.63) is 53.6 Å². The van der Waals surface area contributed by atoms with Gasteiger partial charge in [-0.1, -0.05) is 0 Å². The molecule has 1 aliphatic rings. The molecule has 0 atom stereocenters. The fourth-order valence-electron chi connectivity index (χ4n) is 3.89. The van der Waals surface area contributed by atoms with Gasteiger partial charge in [0.2, 0.25) is 17.8 Å². The number of carbonyl (C=O) groups excluding carboxylic acids is 1. The van der Waals surface area contributed by atoms with Crippen LogP contribution in [0.2, 0.25) is 0 Å². The third-order valence-electron chi connectivity index (χ3n) is 5.58. The second-order valence-electron chi connectivity index (χ2n) is 7.81. The lowest BCUT2D eigenvalue weighted by molar-refractivity contribution is -0.173. The van der Waals surface area contributed by atoms with Crippen LogP contribution in [-0.2, 0) is 18.4 Å². The molecule has 3 aromatic rings. The van der Waals surface area contributed by atoms with Crippen LogP contribution in [0.3, 0.4) is 0 Å². The fourth-order valence-corrected chi connectivity index (χ4v) is 3.89. The van der Waals surface area contributed by atoms with Gasteiger partial charge in [-0.2, -0.15) is 9.49 Å². The zero-order valence-corrected chi connectivity index (χ0v) is 17.7. The van der Waals surface area contributed by atoms with Crippen LogP contribution in [-0.4, -0.2) is 54.0 Å². The zero-order valence-electron chi connectivity index (χ0n) is 17.7. The van der Waals surface area contributed by atoms with Crippen LogP contribution in [0, 0.1) is 24.6 Å². The van der Waals surface area contributed by atoms with Gasteiger partial charge in [0.25, 0.3) is 0 Å². The molecule has 4 heterocycles. The van der Waals surface area contributed by atoms with Crippen molar-refractivity contribution in [2.24, 2.45) is 13.0 Å². The average Bonchev–Trinajstić information content (AvgIpc) is 3.11. The number of aromatic nitrogens is 5. The van der Waals surface area contributed by atoms with E-state index in [1.54, 1.807) is 17.9 Å². The third kappa shape index (κ3) is 4.42. The first-order chi connectivity index (χ1) is 15.3. The van der Waals surface area contributed by atoms with Gasteiger partial charge in [-0.25, -0.2) is 24.4 Å². The average molecular weight is 443 g/mol. The summed E-state index contributed by atoms with van der Waals surface area (Å²) in [4.78, 5) is 26.5. The molecule has 0 radical (unpaired) electrons. The van der Waals surface area contributed by atoms with E-state index in [4.69, 9.17) is 0 Å². The Hall–Kier alpha value is -3.47.